The fourth-order valence-electron chi connectivity index (χ4n) is 4.10. The van der Waals surface area contributed by atoms with Crippen molar-refractivity contribution in [2.75, 3.05) is 39.3 Å². The molecule has 1 N–H and O–H groups in total. The molecule has 2 aliphatic heterocycles. The molecule has 0 radical (unpaired) electrons. The summed E-state index contributed by atoms with van der Waals surface area (Å²) in [7, 11) is 1.94. The molecule has 25 heavy (non-hydrogen) atoms. The highest BCUT2D eigenvalue weighted by Gasteiger charge is 2.34. The van der Waals surface area contributed by atoms with E-state index < -0.39 is 0 Å². The van der Waals surface area contributed by atoms with Gasteiger partial charge in [0.25, 0.3) is 0 Å². The molecule has 3 heterocycles. The molecular weight excluding hydrogens is 361 g/mol. The standard InChI is InChI=1S/C17H29N5O.2ClH/c1-12(16-13(2)19-20(4)14(16)3)17(23)22-8-5-15(11-22)21-9-6-18-7-10-21;;/h12,15,18H,5-11H2,1-4H3;2*1H. The van der Waals surface area contributed by atoms with Crippen LogP contribution in [-0.4, -0.2) is 70.8 Å². The molecule has 0 aromatic carbocycles. The van der Waals surface area contributed by atoms with Gasteiger partial charge >= 0.3 is 0 Å². The van der Waals surface area contributed by atoms with Gasteiger partial charge in [0.2, 0.25) is 5.91 Å². The average molecular weight is 392 g/mol. The highest BCUT2D eigenvalue weighted by molar-refractivity contribution is 5.85. The summed E-state index contributed by atoms with van der Waals surface area (Å²) in [6.45, 7) is 12.2. The van der Waals surface area contributed by atoms with Gasteiger partial charge in [0.1, 0.15) is 0 Å². The van der Waals surface area contributed by atoms with Crippen molar-refractivity contribution in [2.24, 2.45) is 7.05 Å². The Morgan fingerprint density at radius 1 is 1.20 bits per heavy atom. The number of halogens is 2. The summed E-state index contributed by atoms with van der Waals surface area (Å²) in [6.07, 6.45) is 1.10. The molecule has 0 aliphatic carbocycles. The topological polar surface area (TPSA) is 53.4 Å². The molecule has 144 valence electrons. The van der Waals surface area contributed by atoms with Gasteiger partial charge in [-0.2, -0.15) is 5.10 Å². The molecule has 3 rings (SSSR count). The third-order valence-corrected chi connectivity index (χ3v) is 5.51. The zero-order valence-electron chi connectivity index (χ0n) is 15.6. The van der Waals surface area contributed by atoms with Crippen molar-refractivity contribution in [1.29, 1.82) is 0 Å². The van der Waals surface area contributed by atoms with Crippen LogP contribution in [0.1, 0.15) is 36.2 Å². The SMILES string of the molecule is Cc1nn(C)c(C)c1C(C)C(=O)N1CCC(N2CCNCC2)C1.Cl.Cl. The highest BCUT2D eigenvalue weighted by atomic mass is 35.5. The molecule has 0 bridgehead atoms. The van der Waals surface area contributed by atoms with Gasteiger partial charge in [-0.3, -0.25) is 14.4 Å². The van der Waals surface area contributed by atoms with E-state index in [9.17, 15) is 4.79 Å². The van der Waals surface area contributed by atoms with E-state index in [1.807, 2.05) is 32.5 Å². The number of carbonyl (C=O) groups is 1. The lowest BCUT2D eigenvalue weighted by atomic mass is 9.98. The fraction of sp³-hybridized carbons (Fsp3) is 0.765. The predicted molar refractivity (Wildman–Crippen MR) is 105 cm³/mol. The Labute approximate surface area is 163 Å². The number of aromatic nitrogens is 2. The number of amides is 1. The van der Waals surface area contributed by atoms with E-state index in [1.165, 1.54) is 0 Å². The first-order chi connectivity index (χ1) is 11.0. The number of likely N-dealkylation sites (tertiary alicyclic amines) is 1. The Morgan fingerprint density at radius 3 is 2.40 bits per heavy atom. The number of piperazine rings is 1. The molecule has 0 saturated carbocycles. The quantitative estimate of drug-likeness (QED) is 0.847. The van der Waals surface area contributed by atoms with Crippen molar-refractivity contribution in [3.05, 3.63) is 17.0 Å². The third kappa shape index (κ3) is 4.48. The van der Waals surface area contributed by atoms with Crippen LogP contribution in [0.5, 0.6) is 0 Å². The minimum atomic E-state index is -0.106. The van der Waals surface area contributed by atoms with Gasteiger partial charge in [0.05, 0.1) is 11.6 Å². The summed E-state index contributed by atoms with van der Waals surface area (Å²) in [5, 5.41) is 7.86. The van der Waals surface area contributed by atoms with Crippen LogP contribution >= 0.6 is 24.8 Å². The van der Waals surface area contributed by atoms with E-state index in [0.717, 1.165) is 62.6 Å². The van der Waals surface area contributed by atoms with Gasteiger partial charge in [0, 0.05) is 63.6 Å². The molecule has 1 aromatic heterocycles. The van der Waals surface area contributed by atoms with Crippen LogP contribution in [0.3, 0.4) is 0 Å². The smallest absolute Gasteiger partial charge is 0.230 e. The third-order valence-electron chi connectivity index (χ3n) is 5.51. The summed E-state index contributed by atoms with van der Waals surface area (Å²) in [6, 6.07) is 0.532. The summed E-state index contributed by atoms with van der Waals surface area (Å²) in [5.41, 5.74) is 3.17. The van der Waals surface area contributed by atoms with Crippen LogP contribution in [0, 0.1) is 13.8 Å². The lowest BCUT2D eigenvalue weighted by molar-refractivity contribution is -0.131. The number of aryl methyl sites for hydroxylation is 2. The van der Waals surface area contributed by atoms with E-state index in [-0.39, 0.29) is 36.6 Å². The first-order valence-corrected chi connectivity index (χ1v) is 8.72. The van der Waals surface area contributed by atoms with E-state index >= 15 is 0 Å². The molecule has 0 spiro atoms. The average Bonchev–Trinajstić information content (AvgIpc) is 3.13. The van der Waals surface area contributed by atoms with Crippen LogP contribution in [0.2, 0.25) is 0 Å². The molecule has 2 aliphatic rings. The molecule has 2 atom stereocenters. The van der Waals surface area contributed by atoms with E-state index in [1.54, 1.807) is 0 Å². The van der Waals surface area contributed by atoms with Crippen molar-refractivity contribution in [3.8, 4) is 0 Å². The molecule has 6 nitrogen and oxygen atoms in total. The zero-order chi connectivity index (χ0) is 16.6. The Morgan fingerprint density at radius 2 is 1.84 bits per heavy atom. The largest absolute Gasteiger partial charge is 0.341 e. The summed E-state index contributed by atoms with van der Waals surface area (Å²) in [5.74, 6) is 0.146. The van der Waals surface area contributed by atoms with E-state index in [0.29, 0.717) is 6.04 Å². The second-order valence-corrected chi connectivity index (χ2v) is 6.94. The van der Waals surface area contributed by atoms with Gasteiger partial charge in [-0.1, -0.05) is 0 Å². The zero-order valence-corrected chi connectivity index (χ0v) is 17.3. The Hall–Kier alpha value is -0.820. The predicted octanol–water partition coefficient (Wildman–Crippen LogP) is 1.49. The Kier molecular flexibility index (Phi) is 8.19. The van der Waals surface area contributed by atoms with Crippen LogP contribution in [0.4, 0.5) is 0 Å². The van der Waals surface area contributed by atoms with Crippen molar-refractivity contribution in [2.45, 2.75) is 39.2 Å². The number of carbonyl (C=O) groups excluding carboxylic acids is 1. The van der Waals surface area contributed by atoms with Crippen LogP contribution in [0.15, 0.2) is 0 Å². The van der Waals surface area contributed by atoms with Crippen molar-refractivity contribution in [1.82, 2.24) is 24.9 Å². The summed E-state index contributed by atoms with van der Waals surface area (Å²) >= 11 is 0. The number of nitrogens with one attached hydrogen (secondary N) is 1. The number of hydrogen-bond acceptors (Lipinski definition) is 4. The second-order valence-electron chi connectivity index (χ2n) is 6.94. The lowest BCUT2D eigenvalue weighted by Gasteiger charge is -2.32. The van der Waals surface area contributed by atoms with E-state index in [2.05, 4.69) is 20.2 Å². The van der Waals surface area contributed by atoms with Crippen molar-refractivity contribution >= 4 is 30.7 Å². The first kappa shape index (κ1) is 22.2. The molecule has 8 heteroatoms. The van der Waals surface area contributed by atoms with Gasteiger partial charge in [-0.25, -0.2) is 0 Å². The van der Waals surface area contributed by atoms with Crippen LogP contribution < -0.4 is 5.32 Å². The van der Waals surface area contributed by atoms with Gasteiger partial charge in [-0.15, -0.1) is 24.8 Å². The summed E-state index contributed by atoms with van der Waals surface area (Å²) in [4.78, 5) is 17.5. The fourth-order valence-corrected chi connectivity index (χ4v) is 4.10. The van der Waals surface area contributed by atoms with Gasteiger partial charge in [-0.05, 0) is 27.2 Å². The highest BCUT2D eigenvalue weighted by Crippen LogP contribution is 2.27. The summed E-state index contributed by atoms with van der Waals surface area (Å²) < 4.78 is 1.88. The first-order valence-electron chi connectivity index (χ1n) is 8.72. The maximum Gasteiger partial charge on any atom is 0.230 e. The number of hydrogen-bond donors (Lipinski definition) is 1. The Balaban J connectivity index is 0.00000156. The number of rotatable bonds is 3. The van der Waals surface area contributed by atoms with Crippen LogP contribution in [0.25, 0.3) is 0 Å². The normalized spacial score (nSPS) is 22.2. The maximum absolute atomic E-state index is 12.9. The minimum Gasteiger partial charge on any atom is -0.341 e. The van der Waals surface area contributed by atoms with Gasteiger partial charge < -0.3 is 10.2 Å². The molecule has 1 aromatic rings. The van der Waals surface area contributed by atoms with Crippen LogP contribution in [-0.2, 0) is 11.8 Å². The molecule has 1 amide bonds. The van der Waals surface area contributed by atoms with E-state index in [4.69, 9.17) is 0 Å². The molecular formula is C17H31Cl2N5O. The molecule has 2 fully saturated rings. The van der Waals surface area contributed by atoms with Crippen molar-refractivity contribution in [3.63, 3.8) is 0 Å². The van der Waals surface area contributed by atoms with Crippen molar-refractivity contribution < 1.29 is 4.79 Å². The Bertz CT molecular complexity index is 586. The second kappa shape index (κ2) is 9.21. The maximum atomic E-state index is 12.9. The minimum absolute atomic E-state index is 0. The molecule has 2 unspecified atom stereocenters. The monoisotopic (exact) mass is 391 g/mol. The van der Waals surface area contributed by atoms with Gasteiger partial charge in [0.15, 0.2) is 0 Å². The molecule has 2 saturated heterocycles. The lowest BCUT2D eigenvalue weighted by Crippen LogP contribution is -2.49. The number of nitrogens with zero attached hydrogens (tertiary/aromatic N) is 4.